The van der Waals surface area contributed by atoms with Crippen LogP contribution in [-0.4, -0.2) is 31.5 Å². The lowest BCUT2D eigenvalue weighted by molar-refractivity contribution is 0.0240. The number of anilines is 2. The van der Waals surface area contributed by atoms with Gasteiger partial charge in [-0.05, 0) is 44.4 Å². The molecule has 0 bridgehead atoms. The number of aromatic amines is 1. The first-order valence-electron chi connectivity index (χ1n) is 8.54. The molecule has 1 amide bonds. The monoisotopic (exact) mass is 351 g/mol. The molecule has 0 unspecified atom stereocenters. The van der Waals surface area contributed by atoms with Gasteiger partial charge in [0.05, 0.1) is 18.8 Å². The Morgan fingerprint density at radius 2 is 2.12 bits per heavy atom. The molecule has 4 rings (SSSR count). The van der Waals surface area contributed by atoms with Gasteiger partial charge in [0.15, 0.2) is 0 Å². The second-order valence-corrected chi connectivity index (χ2v) is 7.41. The molecule has 7 nitrogen and oxygen atoms in total. The molecule has 134 valence electrons. The molecule has 26 heavy (non-hydrogen) atoms. The van der Waals surface area contributed by atoms with E-state index in [-0.39, 0.29) is 6.09 Å². The molecular formula is C19H21N5O2. The number of rotatable bonds is 2. The minimum atomic E-state index is -0.513. The second kappa shape index (κ2) is 6.01. The van der Waals surface area contributed by atoms with E-state index in [1.54, 1.807) is 11.1 Å². The van der Waals surface area contributed by atoms with Gasteiger partial charge in [0.2, 0.25) is 5.95 Å². The van der Waals surface area contributed by atoms with Crippen molar-refractivity contribution in [2.75, 3.05) is 5.32 Å². The zero-order chi connectivity index (χ0) is 18.3. The number of nitrogens with zero attached hydrogens (tertiary/aromatic N) is 3. The van der Waals surface area contributed by atoms with Crippen LogP contribution in [0.5, 0.6) is 0 Å². The number of benzene rings is 1. The molecule has 3 aromatic rings. The zero-order valence-corrected chi connectivity index (χ0v) is 15.0. The number of hydrogen-bond acceptors (Lipinski definition) is 5. The molecule has 0 spiro atoms. The largest absolute Gasteiger partial charge is 0.444 e. The summed E-state index contributed by atoms with van der Waals surface area (Å²) in [5.74, 6) is 0.515. The van der Waals surface area contributed by atoms with Gasteiger partial charge in [0.25, 0.3) is 0 Å². The number of hydrogen-bond donors (Lipinski definition) is 2. The fraction of sp³-hybridized carbons (Fsp3) is 0.316. The Bertz CT molecular complexity index is 973. The van der Waals surface area contributed by atoms with Crippen LogP contribution in [0.2, 0.25) is 0 Å². The molecule has 3 heterocycles. The Labute approximate surface area is 151 Å². The first kappa shape index (κ1) is 16.4. The smallest absolute Gasteiger partial charge is 0.410 e. The van der Waals surface area contributed by atoms with Crippen molar-refractivity contribution in [1.82, 2.24) is 19.9 Å². The van der Waals surface area contributed by atoms with Crippen LogP contribution in [0.4, 0.5) is 16.4 Å². The van der Waals surface area contributed by atoms with Crippen molar-refractivity contribution >= 4 is 28.6 Å². The van der Waals surface area contributed by atoms with Crippen molar-refractivity contribution in [3.05, 3.63) is 47.9 Å². The van der Waals surface area contributed by atoms with Gasteiger partial charge in [-0.2, -0.15) is 0 Å². The number of carbonyl (C=O) groups is 1. The molecule has 0 aliphatic carbocycles. The van der Waals surface area contributed by atoms with E-state index in [0.717, 1.165) is 27.8 Å². The standard InChI is InChI=1S/C19H21N5O2/c1-19(2,3)26-18(25)24-10-13-9-21-17(23-16(13)11-24)22-14-5-4-12-6-7-20-15(12)8-14/h4-9,20H,10-11H2,1-3H3,(H,21,22,23). The van der Waals surface area contributed by atoms with Gasteiger partial charge >= 0.3 is 6.09 Å². The summed E-state index contributed by atoms with van der Waals surface area (Å²) in [4.78, 5) is 26.0. The minimum absolute atomic E-state index is 0.331. The number of amides is 1. The highest BCUT2D eigenvalue weighted by Crippen LogP contribution is 2.25. The highest BCUT2D eigenvalue weighted by atomic mass is 16.6. The zero-order valence-electron chi connectivity index (χ0n) is 15.0. The van der Waals surface area contributed by atoms with Crippen LogP contribution in [0.25, 0.3) is 10.9 Å². The molecule has 2 aromatic heterocycles. The van der Waals surface area contributed by atoms with E-state index >= 15 is 0 Å². The third-order valence-corrected chi connectivity index (χ3v) is 4.12. The van der Waals surface area contributed by atoms with Crippen molar-refractivity contribution in [3.8, 4) is 0 Å². The topological polar surface area (TPSA) is 83.1 Å². The van der Waals surface area contributed by atoms with Crippen LogP contribution in [0.15, 0.2) is 36.7 Å². The third kappa shape index (κ3) is 3.33. The molecule has 0 atom stereocenters. The quantitative estimate of drug-likeness (QED) is 0.730. The van der Waals surface area contributed by atoms with Gasteiger partial charge in [0.1, 0.15) is 5.60 Å². The minimum Gasteiger partial charge on any atom is -0.444 e. The number of nitrogens with one attached hydrogen (secondary N) is 2. The average Bonchev–Trinajstić information content (AvgIpc) is 3.18. The van der Waals surface area contributed by atoms with E-state index in [4.69, 9.17) is 4.74 Å². The Kier molecular flexibility index (Phi) is 3.79. The number of H-pyrrole nitrogens is 1. The van der Waals surface area contributed by atoms with Crippen molar-refractivity contribution < 1.29 is 9.53 Å². The molecule has 0 radical (unpaired) electrons. The first-order valence-corrected chi connectivity index (χ1v) is 8.54. The molecular weight excluding hydrogens is 330 g/mol. The Balaban J connectivity index is 1.49. The molecule has 0 saturated carbocycles. The van der Waals surface area contributed by atoms with E-state index in [9.17, 15) is 4.79 Å². The number of fused-ring (bicyclic) bond motifs is 2. The lowest BCUT2D eigenvalue weighted by atomic mass is 10.2. The molecule has 1 aliphatic rings. The summed E-state index contributed by atoms with van der Waals surface area (Å²) in [6.07, 6.45) is 3.34. The number of ether oxygens (including phenoxy) is 1. The lowest BCUT2D eigenvalue weighted by Crippen LogP contribution is -2.33. The fourth-order valence-electron chi connectivity index (χ4n) is 2.92. The molecule has 1 aliphatic heterocycles. The maximum absolute atomic E-state index is 12.2. The van der Waals surface area contributed by atoms with E-state index in [1.807, 2.05) is 51.2 Å². The highest BCUT2D eigenvalue weighted by molar-refractivity contribution is 5.83. The average molecular weight is 351 g/mol. The summed E-state index contributed by atoms with van der Waals surface area (Å²) >= 11 is 0. The van der Waals surface area contributed by atoms with E-state index in [1.165, 1.54) is 0 Å². The molecule has 2 N–H and O–H groups in total. The van der Waals surface area contributed by atoms with Gasteiger partial charge in [-0.15, -0.1) is 0 Å². The van der Waals surface area contributed by atoms with Crippen LogP contribution >= 0.6 is 0 Å². The summed E-state index contributed by atoms with van der Waals surface area (Å²) in [6.45, 7) is 6.47. The fourth-order valence-corrected chi connectivity index (χ4v) is 2.92. The van der Waals surface area contributed by atoms with Crippen LogP contribution in [0.3, 0.4) is 0 Å². The van der Waals surface area contributed by atoms with Gasteiger partial charge < -0.3 is 15.0 Å². The van der Waals surface area contributed by atoms with Crippen molar-refractivity contribution in [2.45, 2.75) is 39.5 Å². The van der Waals surface area contributed by atoms with Gasteiger partial charge in [-0.3, -0.25) is 4.90 Å². The summed E-state index contributed by atoms with van der Waals surface area (Å²) in [5.41, 5.74) is 3.23. The van der Waals surface area contributed by atoms with Crippen LogP contribution < -0.4 is 5.32 Å². The summed E-state index contributed by atoms with van der Waals surface area (Å²) in [5, 5.41) is 4.37. The van der Waals surface area contributed by atoms with Gasteiger partial charge in [-0.1, -0.05) is 6.07 Å². The number of carbonyl (C=O) groups excluding carboxylic acids is 1. The van der Waals surface area contributed by atoms with Crippen LogP contribution in [0.1, 0.15) is 32.0 Å². The SMILES string of the molecule is CC(C)(C)OC(=O)N1Cc2cnc(Nc3ccc4cc[nH]c4c3)nc2C1. The Morgan fingerprint density at radius 3 is 2.92 bits per heavy atom. The Morgan fingerprint density at radius 1 is 1.27 bits per heavy atom. The maximum atomic E-state index is 12.2. The second-order valence-electron chi connectivity index (χ2n) is 7.41. The number of aromatic nitrogens is 3. The van der Waals surface area contributed by atoms with Crippen molar-refractivity contribution in [1.29, 1.82) is 0 Å². The summed E-state index contributed by atoms with van der Waals surface area (Å²) in [6, 6.07) is 8.06. The van der Waals surface area contributed by atoms with Crippen molar-refractivity contribution in [2.24, 2.45) is 0 Å². The van der Waals surface area contributed by atoms with Gasteiger partial charge in [-0.25, -0.2) is 14.8 Å². The third-order valence-electron chi connectivity index (χ3n) is 4.12. The predicted octanol–water partition coefficient (Wildman–Crippen LogP) is 3.95. The summed E-state index contributed by atoms with van der Waals surface area (Å²) in [7, 11) is 0. The van der Waals surface area contributed by atoms with E-state index in [2.05, 4.69) is 20.3 Å². The highest BCUT2D eigenvalue weighted by Gasteiger charge is 2.29. The molecule has 0 fully saturated rings. The van der Waals surface area contributed by atoms with Crippen molar-refractivity contribution in [3.63, 3.8) is 0 Å². The predicted molar refractivity (Wildman–Crippen MR) is 99.1 cm³/mol. The lowest BCUT2D eigenvalue weighted by Gasteiger charge is -2.23. The van der Waals surface area contributed by atoms with Gasteiger partial charge in [0, 0.05) is 29.2 Å². The molecule has 0 saturated heterocycles. The molecule has 1 aromatic carbocycles. The summed E-state index contributed by atoms with van der Waals surface area (Å²) < 4.78 is 5.43. The van der Waals surface area contributed by atoms with Crippen LogP contribution in [-0.2, 0) is 17.8 Å². The molecule has 7 heteroatoms. The van der Waals surface area contributed by atoms with Crippen LogP contribution in [0, 0.1) is 0 Å². The maximum Gasteiger partial charge on any atom is 0.410 e. The normalized spacial score (nSPS) is 13.7. The first-order chi connectivity index (χ1) is 12.4. The van der Waals surface area contributed by atoms with E-state index in [0.29, 0.717) is 19.0 Å². The van der Waals surface area contributed by atoms with E-state index < -0.39 is 5.60 Å². The Hall–Kier alpha value is -3.09.